The van der Waals surface area contributed by atoms with Crippen LogP contribution in [0.3, 0.4) is 0 Å². The largest absolute Gasteiger partial charge is 0.435 e. The number of rotatable bonds is 5. The van der Waals surface area contributed by atoms with Gasteiger partial charge in [-0.1, -0.05) is 12.1 Å². The Labute approximate surface area is 119 Å². The quantitative estimate of drug-likeness (QED) is 0.851. The van der Waals surface area contributed by atoms with Gasteiger partial charge < -0.3 is 10.1 Å². The van der Waals surface area contributed by atoms with Crippen molar-refractivity contribution in [3.63, 3.8) is 0 Å². The number of nitrogens with zero attached hydrogens (tertiary/aromatic N) is 2. The van der Waals surface area contributed by atoms with Crippen molar-refractivity contribution in [2.45, 2.75) is 19.6 Å². The van der Waals surface area contributed by atoms with Crippen LogP contribution in [0.1, 0.15) is 18.5 Å². The first kappa shape index (κ1) is 14.5. The number of alkyl halides is 2. The maximum atomic E-state index is 12.0. The smallest absolute Gasteiger partial charge is 0.387 e. The van der Waals surface area contributed by atoms with Crippen LogP contribution in [0.2, 0.25) is 5.28 Å². The van der Waals surface area contributed by atoms with Gasteiger partial charge in [-0.05, 0) is 42.3 Å². The van der Waals surface area contributed by atoms with Gasteiger partial charge in [-0.3, -0.25) is 0 Å². The molecular weight excluding hydrogens is 288 g/mol. The molecule has 1 N–H and O–H groups in total. The fourth-order valence-electron chi connectivity index (χ4n) is 1.66. The normalized spacial score (nSPS) is 12.2. The van der Waals surface area contributed by atoms with Crippen LogP contribution in [0.15, 0.2) is 36.5 Å². The Hall–Kier alpha value is -1.95. The third-order valence-electron chi connectivity index (χ3n) is 2.60. The van der Waals surface area contributed by atoms with E-state index in [2.05, 4.69) is 20.0 Å². The number of aromatic nitrogens is 2. The number of hydrogen-bond acceptors (Lipinski definition) is 4. The van der Waals surface area contributed by atoms with E-state index in [0.29, 0.717) is 5.82 Å². The van der Waals surface area contributed by atoms with Gasteiger partial charge in [0.15, 0.2) is 0 Å². The topological polar surface area (TPSA) is 47.0 Å². The van der Waals surface area contributed by atoms with Gasteiger partial charge in [0.05, 0.1) is 0 Å². The van der Waals surface area contributed by atoms with Crippen molar-refractivity contribution in [3.05, 3.63) is 47.4 Å². The van der Waals surface area contributed by atoms with Crippen LogP contribution in [-0.2, 0) is 0 Å². The highest BCUT2D eigenvalue weighted by atomic mass is 35.5. The first-order valence-corrected chi connectivity index (χ1v) is 6.22. The summed E-state index contributed by atoms with van der Waals surface area (Å²) in [6.45, 7) is -0.904. The molecule has 0 radical (unpaired) electrons. The van der Waals surface area contributed by atoms with E-state index in [1.54, 1.807) is 24.4 Å². The Bertz CT molecular complexity index is 566. The summed E-state index contributed by atoms with van der Waals surface area (Å²) in [5, 5.41) is 3.29. The number of nitrogens with one attached hydrogen (secondary N) is 1. The molecule has 1 aromatic heterocycles. The van der Waals surface area contributed by atoms with Crippen LogP contribution in [0.25, 0.3) is 0 Å². The molecule has 2 aromatic rings. The first-order chi connectivity index (χ1) is 9.54. The molecule has 0 saturated carbocycles. The van der Waals surface area contributed by atoms with Crippen molar-refractivity contribution in [2.24, 2.45) is 0 Å². The summed E-state index contributed by atoms with van der Waals surface area (Å²) in [5.74, 6) is 0.714. The number of benzene rings is 1. The third-order valence-corrected chi connectivity index (χ3v) is 2.78. The molecule has 1 aromatic carbocycles. The minimum Gasteiger partial charge on any atom is -0.435 e. The van der Waals surface area contributed by atoms with Gasteiger partial charge in [0.2, 0.25) is 5.28 Å². The second-order valence-electron chi connectivity index (χ2n) is 4.02. The van der Waals surface area contributed by atoms with Crippen LogP contribution in [0.5, 0.6) is 5.75 Å². The lowest BCUT2D eigenvalue weighted by Crippen LogP contribution is -2.08. The van der Waals surface area contributed by atoms with Gasteiger partial charge in [0.25, 0.3) is 0 Å². The van der Waals surface area contributed by atoms with E-state index >= 15 is 0 Å². The maximum Gasteiger partial charge on any atom is 0.387 e. The SMILES string of the molecule is CC(Nc1ccnc(Cl)n1)c1ccc(OC(F)F)cc1. The second-order valence-corrected chi connectivity index (χ2v) is 4.36. The van der Waals surface area contributed by atoms with Crippen molar-refractivity contribution in [3.8, 4) is 5.75 Å². The Morgan fingerprint density at radius 1 is 1.20 bits per heavy atom. The Balaban J connectivity index is 2.03. The van der Waals surface area contributed by atoms with Crippen LogP contribution in [0.4, 0.5) is 14.6 Å². The van der Waals surface area contributed by atoms with Crippen molar-refractivity contribution < 1.29 is 13.5 Å². The fraction of sp³-hybridized carbons (Fsp3) is 0.231. The summed E-state index contributed by atoms with van der Waals surface area (Å²) in [7, 11) is 0. The number of anilines is 1. The fourth-order valence-corrected chi connectivity index (χ4v) is 1.81. The standard InChI is InChI=1S/C13H12ClF2N3O/c1-8(18-11-6-7-17-12(14)19-11)9-2-4-10(5-3-9)20-13(15)16/h2-8,13H,1H3,(H,17,18,19). The molecule has 106 valence electrons. The molecule has 0 bridgehead atoms. The molecule has 0 spiro atoms. The second kappa shape index (κ2) is 6.47. The molecule has 0 aliphatic heterocycles. The summed E-state index contributed by atoms with van der Waals surface area (Å²) in [5.41, 5.74) is 0.904. The van der Waals surface area contributed by atoms with Crippen LogP contribution in [0, 0.1) is 0 Å². The van der Waals surface area contributed by atoms with E-state index in [0.717, 1.165) is 5.56 Å². The molecule has 0 aliphatic rings. The predicted octanol–water partition coefficient (Wildman–Crippen LogP) is 3.90. The van der Waals surface area contributed by atoms with Crippen molar-refractivity contribution in [1.82, 2.24) is 9.97 Å². The molecule has 20 heavy (non-hydrogen) atoms. The molecule has 0 saturated heterocycles. The molecule has 1 heterocycles. The first-order valence-electron chi connectivity index (χ1n) is 5.84. The summed E-state index contributed by atoms with van der Waals surface area (Å²) >= 11 is 5.69. The zero-order valence-electron chi connectivity index (χ0n) is 10.6. The summed E-state index contributed by atoms with van der Waals surface area (Å²) in [6.07, 6.45) is 1.55. The number of hydrogen-bond donors (Lipinski definition) is 1. The van der Waals surface area contributed by atoms with Gasteiger partial charge in [-0.25, -0.2) is 9.97 Å². The third kappa shape index (κ3) is 4.03. The molecule has 4 nitrogen and oxygen atoms in total. The lowest BCUT2D eigenvalue weighted by Gasteiger charge is -2.15. The number of ether oxygens (including phenoxy) is 1. The molecule has 0 aliphatic carbocycles. The van der Waals surface area contributed by atoms with Crippen LogP contribution >= 0.6 is 11.6 Å². The highest BCUT2D eigenvalue weighted by molar-refractivity contribution is 6.28. The van der Waals surface area contributed by atoms with Gasteiger partial charge >= 0.3 is 6.61 Å². The van der Waals surface area contributed by atoms with Gasteiger partial charge in [-0.2, -0.15) is 8.78 Å². The average Bonchev–Trinajstić information content (AvgIpc) is 2.38. The minimum atomic E-state index is -2.82. The predicted molar refractivity (Wildman–Crippen MR) is 72.2 cm³/mol. The highest BCUT2D eigenvalue weighted by Crippen LogP contribution is 2.22. The van der Waals surface area contributed by atoms with Crippen LogP contribution in [-0.4, -0.2) is 16.6 Å². The summed E-state index contributed by atoms with van der Waals surface area (Å²) in [4.78, 5) is 7.80. The zero-order chi connectivity index (χ0) is 14.5. The Morgan fingerprint density at radius 2 is 1.90 bits per heavy atom. The molecular formula is C13H12ClF2N3O. The molecule has 7 heteroatoms. The van der Waals surface area contributed by atoms with Crippen molar-refractivity contribution in [2.75, 3.05) is 5.32 Å². The van der Waals surface area contributed by atoms with E-state index < -0.39 is 6.61 Å². The van der Waals surface area contributed by atoms with E-state index in [1.807, 2.05) is 6.92 Å². The monoisotopic (exact) mass is 299 g/mol. The van der Waals surface area contributed by atoms with Gasteiger partial charge in [-0.15, -0.1) is 0 Å². The minimum absolute atomic E-state index is 0.0680. The maximum absolute atomic E-state index is 12.0. The highest BCUT2D eigenvalue weighted by Gasteiger charge is 2.08. The van der Waals surface area contributed by atoms with E-state index in [-0.39, 0.29) is 17.1 Å². The van der Waals surface area contributed by atoms with Crippen LogP contribution < -0.4 is 10.1 Å². The molecule has 0 fully saturated rings. The zero-order valence-corrected chi connectivity index (χ0v) is 11.3. The summed E-state index contributed by atoms with van der Waals surface area (Å²) in [6, 6.07) is 8.02. The molecule has 0 amide bonds. The average molecular weight is 300 g/mol. The van der Waals surface area contributed by atoms with E-state index in [1.165, 1.54) is 12.1 Å². The van der Waals surface area contributed by atoms with Gasteiger partial charge in [0, 0.05) is 12.2 Å². The van der Waals surface area contributed by atoms with Crippen molar-refractivity contribution >= 4 is 17.4 Å². The lowest BCUT2D eigenvalue weighted by atomic mass is 10.1. The molecule has 1 unspecified atom stereocenters. The molecule has 1 atom stereocenters. The van der Waals surface area contributed by atoms with Crippen molar-refractivity contribution in [1.29, 1.82) is 0 Å². The lowest BCUT2D eigenvalue weighted by molar-refractivity contribution is -0.0498. The van der Waals surface area contributed by atoms with E-state index in [9.17, 15) is 8.78 Å². The number of halogens is 3. The summed E-state index contributed by atoms with van der Waals surface area (Å²) < 4.78 is 28.4. The molecule has 2 rings (SSSR count). The van der Waals surface area contributed by atoms with Gasteiger partial charge in [0.1, 0.15) is 11.6 Å². The Kier molecular flexibility index (Phi) is 4.68. The van der Waals surface area contributed by atoms with E-state index in [4.69, 9.17) is 11.6 Å². The Morgan fingerprint density at radius 3 is 2.50 bits per heavy atom.